The van der Waals surface area contributed by atoms with Gasteiger partial charge < -0.3 is 24.1 Å². The lowest BCUT2D eigenvalue weighted by Gasteiger charge is -2.58. The highest BCUT2D eigenvalue weighted by atomic mass is 16.7. The number of esters is 2. The Labute approximate surface area is 175 Å². The minimum Gasteiger partial charge on any atom is -0.464 e. The van der Waals surface area contributed by atoms with Crippen LogP contribution in [0.1, 0.15) is 48.0 Å². The standard InChI is InChI=1S/C22H30O8/c1-11-7-14-21(16(25)15(11)24,9-27-18(26)19(3,4)5)20(6)8-13(29-12(2)23)17(30-14)22(20)10-28-22/h7,13-14,16-17,25H,8-10H2,1-6H3/t13?,14-,16-,17-,20-,21-,22+/m1/s1. The van der Waals surface area contributed by atoms with Gasteiger partial charge in [-0.05, 0) is 45.8 Å². The molecule has 0 radical (unpaired) electrons. The van der Waals surface area contributed by atoms with Gasteiger partial charge in [0.25, 0.3) is 0 Å². The van der Waals surface area contributed by atoms with Crippen molar-refractivity contribution in [1.82, 2.24) is 0 Å². The summed E-state index contributed by atoms with van der Waals surface area (Å²) < 4.78 is 23.5. The Morgan fingerprint density at radius 2 is 1.97 bits per heavy atom. The van der Waals surface area contributed by atoms with Crippen molar-refractivity contribution < 1.29 is 38.4 Å². The van der Waals surface area contributed by atoms with Gasteiger partial charge in [-0.2, -0.15) is 0 Å². The molecule has 7 atom stereocenters. The second-order valence-corrected chi connectivity index (χ2v) is 10.3. The fourth-order valence-corrected chi connectivity index (χ4v) is 5.67. The van der Waals surface area contributed by atoms with E-state index >= 15 is 0 Å². The number of hydrogen-bond donors (Lipinski definition) is 1. The largest absolute Gasteiger partial charge is 0.464 e. The van der Waals surface area contributed by atoms with E-state index in [1.54, 1.807) is 33.8 Å². The van der Waals surface area contributed by atoms with Crippen LogP contribution in [-0.2, 0) is 33.3 Å². The second kappa shape index (κ2) is 6.37. The molecule has 166 valence electrons. The molecule has 30 heavy (non-hydrogen) atoms. The average molecular weight is 422 g/mol. The molecular formula is C22H30O8. The lowest BCUT2D eigenvalue weighted by molar-refractivity contribution is -0.249. The monoisotopic (exact) mass is 422 g/mol. The third-order valence-corrected chi connectivity index (χ3v) is 7.52. The first-order valence-corrected chi connectivity index (χ1v) is 10.3. The predicted octanol–water partition coefficient (Wildman–Crippen LogP) is 1.33. The zero-order chi connectivity index (χ0) is 22.3. The van der Waals surface area contributed by atoms with Gasteiger partial charge in [-0.3, -0.25) is 14.4 Å². The first kappa shape index (κ1) is 21.5. The molecule has 0 aromatic heterocycles. The van der Waals surface area contributed by atoms with Crippen LogP contribution in [0, 0.1) is 16.2 Å². The Kier molecular flexibility index (Phi) is 4.56. The van der Waals surface area contributed by atoms with Gasteiger partial charge in [-0.1, -0.05) is 6.92 Å². The Bertz CT molecular complexity index is 835. The van der Waals surface area contributed by atoms with E-state index in [1.165, 1.54) is 6.92 Å². The maximum absolute atomic E-state index is 12.9. The van der Waals surface area contributed by atoms with Gasteiger partial charge >= 0.3 is 11.9 Å². The van der Waals surface area contributed by atoms with Gasteiger partial charge in [0.2, 0.25) is 0 Å². The summed E-state index contributed by atoms with van der Waals surface area (Å²) in [6.07, 6.45) is -1.21. The number of ketones is 1. The highest BCUT2D eigenvalue weighted by Crippen LogP contribution is 2.71. The maximum atomic E-state index is 12.9. The molecular weight excluding hydrogens is 392 g/mol. The van der Waals surface area contributed by atoms with E-state index in [9.17, 15) is 19.5 Å². The van der Waals surface area contributed by atoms with Gasteiger partial charge in [-0.15, -0.1) is 0 Å². The van der Waals surface area contributed by atoms with Crippen molar-refractivity contribution in [3.8, 4) is 0 Å². The summed E-state index contributed by atoms with van der Waals surface area (Å²) >= 11 is 0. The summed E-state index contributed by atoms with van der Waals surface area (Å²) in [7, 11) is 0. The molecule has 8 nitrogen and oxygen atoms in total. The number of rotatable bonds is 3. The molecule has 3 fully saturated rings. The van der Waals surface area contributed by atoms with E-state index in [1.807, 2.05) is 6.92 Å². The lowest BCUT2D eigenvalue weighted by Crippen LogP contribution is -2.70. The number of carbonyl (C=O) groups excluding carboxylic acids is 3. The Morgan fingerprint density at radius 1 is 1.33 bits per heavy atom. The number of aliphatic hydroxyl groups excluding tert-OH is 1. The Hall–Kier alpha value is -1.77. The van der Waals surface area contributed by atoms with Crippen molar-refractivity contribution in [3.05, 3.63) is 11.6 Å². The molecule has 0 amide bonds. The lowest BCUT2D eigenvalue weighted by atomic mass is 9.50. The van der Waals surface area contributed by atoms with E-state index < -0.39 is 64.0 Å². The van der Waals surface area contributed by atoms with Gasteiger partial charge in [0.15, 0.2) is 5.78 Å². The van der Waals surface area contributed by atoms with Crippen LogP contribution in [0.5, 0.6) is 0 Å². The van der Waals surface area contributed by atoms with Crippen molar-refractivity contribution in [2.45, 2.75) is 78.0 Å². The highest BCUT2D eigenvalue weighted by Gasteiger charge is 2.84. The van der Waals surface area contributed by atoms with Crippen LogP contribution in [0.3, 0.4) is 0 Å². The number of Topliss-reactive ketones (excluding diaryl/α,β-unsaturated/α-hetero) is 1. The van der Waals surface area contributed by atoms with Gasteiger partial charge in [0, 0.05) is 12.3 Å². The molecule has 1 N–H and O–H groups in total. The van der Waals surface area contributed by atoms with Gasteiger partial charge in [-0.25, -0.2) is 0 Å². The van der Waals surface area contributed by atoms with Crippen LogP contribution >= 0.6 is 0 Å². The average Bonchev–Trinajstić information content (AvgIpc) is 3.40. The fourth-order valence-electron chi connectivity index (χ4n) is 5.67. The van der Waals surface area contributed by atoms with Crippen molar-refractivity contribution >= 4 is 17.7 Å². The minimum absolute atomic E-state index is 0.203. The SMILES string of the molecule is CC(=O)OC1C[C@]2(C)[C@@]3(COC(=O)C(C)(C)C)[C@H](O)C(=O)C(C)=C[C@H]3O[C@H]1[C@@]21CO1. The third kappa shape index (κ3) is 2.59. The summed E-state index contributed by atoms with van der Waals surface area (Å²) in [5.74, 6) is -1.30. The zero-order valence-electron chi connectivity index (χ0n) is 18.3. The number of epoxide rings is 1. The normalized spacial score (nSPS) is 44.4. The molecule has 2 bridgehead atoms. The quantitative estimate of drug-likeness (QED) is 0.536. The molecule has 1 spiro atoms. The summed E-state index contributed by atoms with van der Waals surface area (Å²) in [5.41, 5.74) is -3.24. The number of ether oxygens (including phenoxy) is 4. The van der Waals surface area contributed by atoms with Gasteiger partial charge in [0.05, 0.1) is 23.5 Å². The highest BCUT2D eigenvalue weighted by molar-refractivity contribution is 6.00. The fraction of sp³-hybridized carbons (Fsp3) is 0.773. The predicted molar refractivity (Wildman–Crippen MR) is 103 cm³/mol. The number of carbonyl (C=O) groups is 3. The van der Waals surface area contributed by atoms with Crippen molar-refractivity contribution in [3.63, 3.8) is 0 Å². The van der Waals surface area contributed by atoms with Crippen molar-refractivity contribution in [2.75, 3.05) is 13.2 Å². The third-order valence-electron chi connectivity index (χ3n) is 7.52. The Balaban J connectivity index is 1.81. The van der Waals surface area contributed by atoms with Crippen LogP contribution in [-0.4, -0.2) is 66.1 Å². The summed E-state index contributed by atoms with van der Waals surface area (Å²) in [6.45, 7) is 10.3. The van der Waals surface area contributed by atoms with Crippen molar-refractivity contribution in [2.24, 2.45) is 16.2 Å². The molecule has 1 unspecified atom stereocenters. The van der Waals surface area contributed by atoms with E-state index in [2.05, 4.69) is 0 Å². The van der Waals surface area contributed by atoms with Crippen LogP contribution < -0.4 is 0 Å². The maximum Gasteiger partial charge on any atom is 0.311 e. The van der Waals surface area contributed by atoms with E-state index in [0.717, 1.165) is 0 Å². The minimum atomic E-state index is -1.44. The molecule has 8 heteroatoms. The van der Waals surface area contributed by atoms with Crippen molar-refractivity contribution in [1.29, 1.82) is 0 Å². The number of fused-ring (bicyclic) bond motifs is 2. The van der Waals surface area contributed by atoms with E-state index in [4.69, 9.17) is 18.9 Å². The second-order valence-electron chi connectivity index (χ2n) is 10.3. The molecule has 2 aliphatic heterocycles. The first-order valence-electron chi connectivity index (χ1n) is 10.3. The Morgan fingerprint density at radius 3 is 2.50 bits per heavy atom. The molecule has 4 aliphatic rings. The summed E-state index contributed by atoms with van der Waals surface area (Å²) in [6, 6.07) is 0. The van der Waals surface area contributed by atoms with Crippen LogP contribution in [0.15, 0.2) is 11.6 Å². The first-order chi connectivity index (χ1) is 13.8. The van der Waals surface area contributed by atoms with Crippen LogP contribution in [0.2, 0.25) is 0 Å². The molecule has 2 aliphatic carbocycles. The van der Waals surface area contributed by atoms with Gasteiger partial charge in [0.1, 0.15) is 30.5 Å². The molecule has 2 saturated heterocycles. The van der Waals surface area contributed by atoms with Crippen LogP contribution in [0.25, 0.3) is 0 Å². The number of hydrogen-bond acceptors (Lipinski definition) is 8. The summed E-state index contributed by atoms with van der Waals surface area (Å²) in [4.78, 5) is 37.2. The van der Waals surface area contributed by atoms with Crippen LogP contribution in [0.4, 0.5) is 0 Å². The molecule has 1 saturated carbocycles. The molecule has 0 aromatic carbocycles. The molecule has 4 rings (SSSR count). The summed E-state index contributed by atoms with van der Waals surface area (Å²) in [5, 5.41) is 11.3. The smallest absolute Gasteiger partial charge is 0.311 e. The van der Waals surface area contributed by atoms with E-state index in [0.29, 0.717) is 18.6 Å². The zero-order valence-corrected chi connectivity index (χ0v) is 18.3. The molecule has 0 aromatic rings. The molecule has 2 heterocycles. The van der Waals surface area contributed by atoms with E-state index in [-0.39, 0.29) is 6.61 Å². The topological polar surface area (TPSA) is 112 Å². The number of aliphatic hydroxyl groups is 1.